The summed E-state index contributed by atoms with van der Waals surface area (Å²) in [5.41, 5.74) is 2.48. The Morgan fingerprint density at radius 2 is 1.70 bits per heavy atom. The molecule has 0 spiro atoms. The van der Waals surface area contributed by atoms with Crippen LogP contribution in [0.25, 0.3) is 0 Å². The van der Waals surface area contributed by atoms with Gasteiger partial charge >= 0.3 is 0 Å². The van der Waals surface area contributed by atoms with Crippen molar-refractivity contribution in [3.8, 4) is 0 Å². The monoisotopic (exact) mass is 342 g/mol. The first-order chi connectivity index (χ1) is 11.2. The van der Waals surface area contributed by atoms with E-state index in [1.54, 1.807) is 4.90 Å². The van der Waals surface area contributed by atoms with Crippen molar-refractivity contribution in [2.75, 3.05) is 17.7 Å². The lowest BCUT2D eigenvalue weighted by atomic mass is 10.3. The normalized spacial score (nSPS) is 14.7. The predicted octanol–water partition coefficient (Wildman–Crippen LogP) is 4.33. The molecule has 0 atom stereocenters. The van der Waals surface area contributed by atoms with Gasteiger partial charge < -0.3 is 5.32 Å². The minimum Gasteiger partial charge on any atom is -0.367 e. The Labute approximate surface area is 143 Å². The van der Waals surface area contributed by atoms with Crippen molar-refractivity contribution in [1.29, 1.82) is 0 Å². The van der Waals surface area contributed by atoms with Gasteiger partial charge in [0.15, 0.2) is 0 Å². The van der Waals surface area contributed by atoms with Crippen LogP contribution in [0.2, 0.25) is 0 Å². The molecular formula is C16H14N4OS2. The highest BCUT2D eigenvalue weighted by molar-refractivity contribution is 8.23. The Balaban J connectivity index is 1.58. The molecule has 3 rings (SSSR count). The summed E-state index contributed by atoms with van der Waals surface area (Å²) in [6, 6.07) is 17.1. The van der Waals surface area contributed by atoms with E-state index in [2.05, 4.69) is 15.5 Å². The molecule has 5 nitrogen and oxygen atoms in total. The van der Waals surface area contributed by atoms with Crippen molar-refractivity contribution in [3.63, 3.8) is 0 Å². The van der Waals surface area contributed by atoms with Crippen LogP contribution in [0.3, 0.4) is 0 Å². The van der Waals surface area contributed by atoms with Crippen molar-refractivity contribution in [3.05, 3.63) is 54.6 Å². The molecule has 7 heteroatoms. The van der Waals surface area contributed by atoms with Crippen LogP contribution in [0.15, 0.2) is 64.8 Å². The Hall–Kier alpha value is -2.25. The molecule has 116 valence electrons. The van der Waals surface area contributed by atoms with Gasteiger partial charge in [0.05, 0.1) is 23.8 Å². The predicted molar refractivity (Wildman–Crippen MR) is 97.5 cm³/mol. The molecule has 1 fully saturated rings. The largest absolute Gasteiger partial charge is 0.367 e. The molecule has 2 aromatic carbocycles. The van der Waals surface area contributed by atoms with Gasteiger partial charge in [0.2, 0.25) is 5.91 Å². The molecule has 1 aliphatic rings. The van der Waals surface area contributed by atoms with Crippen molar-refractivity contribution < 1.29 is 4.79 Å². The molecule has 0 unspecified atom stereocenters. The van der Waals surface area contributed by atoms with Crippen molar-refractivity contribution in [2.24, 2.45) is 10.2 Å². The Kier molecular flexibility index (Phi) is 4.99. The number of hydrogen-bond donors (Lipinski definition) is 1. The molecule has 0 aliphatic carbocycles. The zero-order valence-corrected chi connectivity index (χ0v) is 13.8. The quantitative estimate of drug-likeness (QED) is 0.649. The van der Waals surface area contributed by atoms with Gasteiger partial charge in [0.1, 0.15) is 4.32 Å². The number of azo groups is 1. The topological polar surface area (TPSA) is 57.1 Å². The molecule has 0 saturated carbocycles. The smallest absolute Gasteiger partial charge is 0.239 e. The summed E-state index contributed by atoms with van der Waals surface area (Å²) < 4.78 is 0.621. The number of thioether (sulfide) groups is 1. The number of thiocarbonyl (C=S) groups is 1. The molecule has 2 aromatic rings. The van der Waals surface area contributed by atoms with Crippen LogP contribution < -0.4 is 5.32 Å². The van der Waals surface area contributed by atoms with Gasteiger partial charge in [-0.05, 0) is 36.4 Å². The molecule has 1 aliphatic heterocycles. The molecule has 1 N–H and O–H groups in total. The summed E-state index contributed by atoms with van der Waals surface area (Å²) in [6.45, 7) is 0.384. The molecule has 1 heterocycles. The third-order valence-electron chi connectivity index (χ3n) is 3.19. The van der Waals surface area contributed by atoms with E-state index in [9.17, 15) is 4.79 Å². The van der Waals surface area contributed by atoms with Gasteiger partial charge in [0, 0.05) is 5.69 Å². The summed E-state index contributed by atoms with van der Waals surface area (Å²) in [5, 5.41) is 11.5. The first-order valence-corrected chi connectivity index (χ1v) is 8.39. The Morgan fingerprint density at radius 3 is 2.30 bits per heavy atom. The number of carbonyl (C=O) groups is 1. The van der Waals surface area contributed by atoms with E-state index < -0.39 is 0 Å². The Morgan fingerprint density at radius 1 is 1.04 bits per heavy atom. The molecule has 0 aromatic heterocycles. The van der Waals surface area contributed by atoms with Gasteiger partial charge in [-0.2, -0.15) is 10.2 Å². The average molecular weight is 342 g/mol. The highest BCUT2D eigenvalue weighted by atomic mass is 32.2. The lowest BCUT2D eigenvalue weighted by Gasteiger charge is -2.16. The van der Waals surface area contributed by atoms with Gasteiger partial charge in [-0.25, -0.2) is 0 Å². The zero-order chi connectivity index (χ0) is 16.1. The van der Waals surface area contributed by atoms with E-state index in [-0.39, 0.29) is 5.91 Å². The maximum Gasteiger partial charge on any atom is 0.239 e. The Bertz CT molecular complexity index is 716. The molecule has 23 heavy (non-hydrogen) atoms. The maximum atomic E-state index is 11.6. The van der Waals surface area contributed by atoms with E-state index in [1.807, 2.05) is 54.6 Å². The molecule has 1 saturated heterocycles. The fourth-order valence-corrected chi connectivity index (χ4v) is 3.03. The molecule has 0 bridgehead atoms. The second-order valence-electron chi connectivity index (χ2n) is 4.79. The summed E-state index contributed by atoms with van der Waals surface area (Å²) in [5.74, 6) is 0.472. The minimum absolute atomic E-state index is 0.0424. The maximum absolute atomic E-state index is 11.6. The fourth-order valence-electron chi connectivity index (χ4n) is 1.96. The van der Waals surface area contributed by atoms with Crippen molar-refractivity contribution in [2.45, 2.75) is 0 Å². The number of carbonyl (C=O) groups excluding carboxylic acids is 1. The van der Waals surface area contributed by atoms with Crippen LogP contribution in [0.4, 0.5) is 17.1 Å². The number of benzene rings is 2. The van der Waals surface area contributed by atoms with Gasteiger partial charge in [-0.3, -0.25) is 9.69 Å². The van der Waals surface area contributed by atoms with E-state index in [4.69, 9.17) is 12.2 Å². The molecule has 1 amide bonds. The van der Waals surface area contributed by atoms with Crippen LogP contribution in [-0.2, 0) is 4.79 Å². The minimum atomic E-state index is 0.0424. The number of amides is 1. The summed E-state index contributed by atoms with van der Waals surface area (Å²) >= 11 is 6.53. The van der Waals surface area contributed by atoms with Crippen LogP contribution >= 0.6 is 24.0 Å². The number of nitrogens with one attached hydrogen (secondary N) is 1. The third-order valence-corrected chi connectivity index (χ3v) is 4.62. The number of nitrogens with zero attached hydrogens (tertiary/aromatic N) is 3. The summed E-state index contributed by atoms with van der Waals surface area (Å²) in [4.78, 5) is 13.2. The second kappa shape index (κ2) is 7.34. The highest BCUT2D eigenvalue weighted by Gasteiger charge is 2.25. The van der Waals surface area contributed by atoms with Crippen LogP contribution in [0.5, 0.6) is 0 Å². The van der Waals surface area contributed by atoms with Crippen LogP contribution in [0, 0.1) is 0 Å². The van der Waals surface area contributed by atoms with E-state index in [1.165, 1.54) is 11.8 Å². The second-order valence-corrected chi connectivity index (χ2v) is 6.40. The SMILES string of the molecule is O=C1CSC(=S)N1CNc1ccc(N=Nc2ccccc2)cc1. The van der Waals surface area contributed by atoms with E-state index >= 15 is 0 Å². The standard InChI is InChI=1S/C16H14N4OS2/c21-15-10-23-16(22)20(15)11-17-12-6-8-14(9-7-12)19-18-13-4-2-1-3-5-13/h1-9,17H,10-11H2. The number of rotatable bonds is 5. The van der Waals surface area contributed by atoms with Crippen molar-refractivity contribution in [1.82, 2.24) is 4.90 Å². The molecule has 0 radical (unpaired) electrons. The number of hydrogen-bond acceptors (Lipinski definition) is 6. The lowest BCUT2D eigenvalue weighted by molar-refractivity contribution is -0.123. The first kappa shape index (κ1) is 15.6. The summed E-state index contributed by atoms with van der Waals surface area (Å²) in [7, 11) is 0. The number of anilines is 1. The van der Waals surface area contributed by atoms with Gasteiger partial charge in [-0.1, -0.05) is 42.2 Å². The third kappa shape index (κ3) is 4.14. The average Bonchev–Trinajstić information content (AvgIpc) is 2.91. The zero-order valence-electron chi connectivity index (χ0n) is 12.2. The lowest BCUT2D eigenvalue weighted by Crippen LogP contribution is -2.33. The van der Waals surface area contributed by atoms with Crippen LogP contribution in [-0.4, -0.2) is 27.5 Å². The highest BCUT2D eigenvalue weighted by Crippen LogP contribution is 2.22. The fraction of sp³-hybridized carbons (Fsp3) is 0.125. The van der Waals surface area contributed by atoms with Crippen LogP contribution in [0.1, 0.15) is 0 Å². The molecular weight excluding hydrogens is 328 g/mol. The van der Waals surface area contributed by atoms with Gasteiger partial charge in [0.25, 0.3) is 0 Å². The van der Waals surface area contributed by atoms with E-state index in [0.717, 1.165) is 17.1 Å². The van der Waals surface area contributed by atoms with Gasteiger partial charge in [-0.15, -0.1) is 0 Å². The van der Waals surface area contributed by atoms with Crippen molar-refractivity contribution >= 4 is 51.3 Å². The first-order valence-electron chi connectivity index (χ1n) is 7.00. The van der Waals surface area contributed by atoms with E-state index in [0.29, 0.717) is 16.7 Å². The summed E-state index contributed by atoms with van der Waals surface area (Å²) in [6.07, 6.45) is 0.